The number of rotatable bonds is 3. The molecule has 1 aromatic rings. The van der Waals surface area contributed by atoms with Crippen LogP contribution in [0.4, 0.5) is 0 Å². The van der Waals surface area contributed by atoms with Crippen LogP contribution in [-0.2, 0) is 14.6 Å². The normalized spacial score (nSPS) is 13.5. The molecule has 1 aromatic carbocycles. The standard InChI is InChI=1S/C9H10O4S/c1-14(12,13)8(9(10)11)7-5-3-2-4-6-7/h2-6,8H,1H3,(H,10,11)/t8-/m1/s1. The highest BCUT2D eigenvalue weighted by molar-refractivity contribution is 7.91. The number of benzene rings is 1. The lowest BCUT2D eigenvalue weighted by Crippen LogP contribution is -2.20. The molecule has 0 aliphatic heterocycles. The summed E-state index contributed by atoms with van der Waals surface area (Å²) >= 11 is 0. The number of sulfone groups is 1. The second kappa shape index (κ2) is 3.79. The lowest BCUT2D eigenvalue weighted by atomic mass is 10.1. The first-order chi connectivity index (χ1) is 6.43. The zero-order chi connectivity index (χ0) is 10.8. The van der Waals surface area contributed by atoms with E-state index in [9.17, 15) is 13.2 Å². The third-order valence-electron chi connectivity index (χ3n) is 1.75. The van der Waals surface area contributed by atoms with Gasteiger partial charge in [-0.15, -0.1) is 0 Å². The van der Waals surface area contributed by atoms with Gasteiger partial charge in [-0.1, -0.05) is 30.3 Å². The lowest BCUT2D eigenvalue weighted by Gasteiger charge is -2.09. The Balaban J connectivity index is 3.22. The van der Waals surface area contributed by atoms with E-state index in [1.54, 1.807) is 18.2 Å². The summed E-state index contributed by atoms with van der Waals surface area (Å²) in [6, 6.07) is 7.89. The van der Waals surface area contributed by atoms with Crippen LogP contribution in [0.1, 0.15) is 10.8 Å². The Morgan fingerprint density at radius 3 is 2.14 bits per heavy atom. The summed E-state index contributed by atoms with van der Waals surface area (Å²) < 4.78 is 22.4. The van der Waals surface area contributed by atoms with Gasteiger partial charge in [0.15, 0.2) is 15.1 Å². The van der Waals surface area contributed by atoms with Gasteiger partial charge in [0.1, 0.15) is 0 Å². The first kappa shape index (κ1) is 10.7. The van der Waals surface area contributed by atoms with Gasteiger partial charge in [0.25, 0.3) is 0 Å². The summed E-state index contributed by atoms with van der Waals surface area (Å²) in [5.41, 5.74) is 0.280. The van der Waals surface area contributed by atoms with Crippen LogP contribution in [0.25, 0.3) is 0 Å². The maximum atomic E-state index is 11.2. The van der Waals surface area contributed by atoms with Crippen LogP contribution in [0.2, 0.25) is 0 Å². The molecule has 1 atom stereocenters. The van der Waals surface area contributed by atoms with Crippen LogP contribution >= 0.6 is 0 Å². The van der Waals surface area contributed by atoms with Gasteiger partial charge in [0.2, 0.25) is 0 Å². The minimum atomic E-state index is -3.62. The Bertz CT molecular complexity index is 421. The first-order valence-electron chi connectivity index (χ1n) is 3.89. The molecule has 0 amide bonds. The van der Waals surface area contributed by atoms with Crippen molar-refractivity contribution < 1.29 is 18.3 Å². The second-order valence-corrected chi connectivity index (χ2v) is 5.09. The van der Waals surface area contributed by atoms with Crippen LogP contribution < -0.4 is 0 Å². The van der Waals surface area contributed by atoms with E-state index in [4.69, 9.17) is 5.11 Å². The fraction of sp³-hybridized carbons (Fsp3) is 0.222. The van der Waals surface area contributed by atoms with Crippen molar-refractivity contribution in [2.24, 2.45) is 0 Å². The fourth-order valence-corrected chi connectivity index (χ4v) is 2.22. The molecule has 0 unspecified atom stereocenters. The maximum Gasteiger partial charge on any atom is 0.326 e. The van der Waals surface area contributed by atoms with E-state index in [2.05, 4.69) is 0 Å². The number of aliphatic carboxylic acids is 1. The van der Waals surface area contributed by atoms with Gasteiger partial charge in [0, 0.05) is 6.26 Å². The van der Waals surface area contributed by atoms with Gasteiger partial charge in [-0.2, -0.15) is 0 Å². The minimum Gasteiger partial charge on any atom is -0.480 e. The molecule has 0 aromatic heterocycles. The van der Waals surface area contributed by atoms with Crippen LogP contribution in [0.15, 0.2) is 30.3 Å². The van der Waals surface area contributed by atoms with Crippen molar-refractivity contribution in [3.63, 3.8) is 0 Å². The summed E-state index contributed by atoms with van der Waals surface area (Å²) in [5, 5.41) is 7.31. The van der Waals surface area contributed by atoms with Crippen molar-refractivity contribution in [2.45, 2.75) is 5.25 Å². The Morgan fingerprint density at radius 1 is 1.29 bits per heavy atom. The van der Waals surface area contributed by atoms with Gasteiger partial charge in [0.05, 0.1) is 0 Å². The van der Waals surface area contributed by atoms with Crippen molar-refractivity contribution in [1.82, 2.24) is 0 Å². The number of hydrogen-bond acceptors (Lipinski definition) is 3. The predicted octanol–water partition coefficient (Wildman–Crippen LogP) is 0.857. The molecule has 1 N–H and O–H groups in total. The Morgan fingerprint density at radius 2 is 1.79 bits per heavy atom. The average molecular weight is 214 g/mol. The molecule has 0 radical (unpaired) electrons. The van der Waals surface area contributed by atoms with E-state index in [1.165, 1.54) is 12.1 Å². The summed E-state index contributed by atoms with van der Waals surface area (Å²) in [6.07, 6.45) is 0.915. The molecule has 0 fully saturated rings. The molecule has 0 spiro atoms. The molecule has 0 bridgehead atoms. The highest BCUT2D eigenvalue weighted by Crippen LogP contribution is 2.21. The van der Waals surface area contributed by atoms with E-state index in [0.717, 1.165) is 6.26 Å². The van der Waals surface area contributed by atoms with Crippen molar-refractivity contribution >= 4 is 15.8 Å². The molecule has 0 heterocycles. The van der Waals surface area contributed by atoms with Gasteiger partial charge >= 0.3 is 5.97 Å². The molecule has 76 valence electrons. The summed E-state index contributed by atoms with van der Waals surface area (Å²) in [4.78, 5) is 10.8. The number of carboxylic acids is 1. The quantitative estimate of drug-likeness (QED) is 0.809. The lowest BCUT2D eigenvalue weighted by molar-refractivity contribution is -0.136. The Hall–Kier alpha value is -1.36. The number of carbonyl (C=O) groups is 1. The van der Waals surface area contributed by atoms with E-state index < -0.39 is 21.1 Å². The molecule has 1 rings (SSSR count). The zero-order valence-electron chi connectivity index (χ0n) is 7.54. The largest absolute Gasteiger partial charge is 0.480 e. The number of carboxylic acid groups (broad SMARTS) is 1. The molecule has 0 saturated carbocycles. The van der Waals surface area contributed by atoms with Crippen molar-refractivity contribution in [2.75, 3.05) is 6.26 Å². The average Bonchev–Trinajstić information content (AvgIpc) is 2.02. The third kappa shape index (κ3) is 2.32. The molecule has 0 aliphatic carbocycles. The van der Waals surface area contributed by atoms with E-state index in [1.807, 2.05) is 0 Å². The van der Waals surface area contributed by atoms with Gasteiger partial charge in [-0.05, 0) is 5.56 Å². The fourth-order valence-electron chi connectivity index (χ4n) is 1.20. The first-order valence-corrected chi connectivity index (χ1v) is 5.85. The smallest absolute Gasteiger partial charge is 0.326 e. The monoisotopic (exact) mass is 214 g/mol. The SMILES string of the molecule is CS(=O)(=O)[C@@H](C(=O)O)c1ccccc1. The van der Waals surface area contributed by atoms with Crippen molar-refractivity contribution in [3.05, 3.63) is 35.9 Å². The molecule has 5 heteroatoms. The topological polar surface area (TPSA) is 71.4 Å². The summed E-state index contributed by atoms with van der Waals surface area (Å²) in [6.45, 7) is 0. The van der Waals surface area contributed by atoms with Crippen molar-refractivity contribution in [1.29, 1.82) is 0 Å². The Labute approximate surface area is 82.1 Å². The zero-order valence-corrected chi connectivity index (χ0v) is 8.36. The van der Waals surface area contributed by atoms with Gasteiger partial charge < -0.3 is 5.11 Å². The van der Waals surface area contributed by atoms with E-state index in [0.29, 0.717) is 0 Å². The second-order valence-electron chi connectivity index (χ2n) is 2.96. The minimum absolute atomic E-state index is 0.280. The molecular formula is C9H10O4S. The molecule has 4 nitrogen and oxygen atoms in total. The van der Waals surface area contributed by atoms with E-state index in [-0.39, 0.29) is 5.56 Å². The highest BCUT2D eigenvalue weighted by atomic mass is 32.2. The van der Waals surface area contributed by atoms with E-state index >= 15 is 0 Å². The summed E-state index contributed by atoms with van der Waals surface area (Å²) in [7, 11) is -3.62. The van der Waals surface area contributed by atoms with Crippen LogP contribution in [0.5, 0.6) is 0 Å². The third-order valence-corrected chi connectivity index (χ3v) is 3.08. The predicted molar refractivity (Wildman–Crippen MR) is 51.7 cm³/mol. The molecule has 0 saturated heterocycles. The van der Waals surface area contributed by atoms with Crippen molar-refractivity contribution in [3.8, 4) is 0 Å². The molecule has 14 heavy (non-hydrogen) atoms. The van der Waals surface area contributed by atoms with Crippen LogP contribution in [0.3, 0.4) is 0 Å². The maximum absolute atomic E-state index is 11.2. The van der Waals surface area contributed by atoms with Gasteiger partial charge in [-0.3, -0.25) is 4.79 Å². The molecule has 0 aliphatic rings. The highest BCUT2D eigenvalue weighted by Gasteiger charge is 2.29. The summed E-state index contributed by atoms with van der Waals surface area (Å²) in [5.74, 6) is -1.35. The van der Waals surface area contributed by atoms with Crippen LogP contribution in [0, 0.1) is 0 Å². The number of hydrogen-bond donors (Lipinski definition) is 1. The van der Waals surface area contributed by atoms with Gasteiger partial charge in [-0.25, -0.2) is 8.42 Å². The Kier molecular flexibility index (Phi) is 2.90. The van der Waals surface area contributed by atoms with Crippen LogP contribution in [-0.4, -0.2) is 25.7 Å². The molecular weight excluding hydrogens is 204 g/mol.